The largest absolute Gasteiger partial charge is 0.328 e. The maximum absolute atomic E-state index is 13.6. The van der Waals surface area contributed by atoms with Crippen molar-refractivity contribution < 1.29 is 4.39 Å². The van der Waals surface area contributed by atoms with Gasteiger partial charge in [-0.25, -0.2) is 4.39 Å². The molecule has 1 aliphatic rings. The molecule has 0 saturated carbocycles. The van der Waals surface area contributed by atoms with Gasteiger partial charge in [-0.2, -0.15) is 0 Å². The topological polar surface area (TPSA) is 29.3 Å². The summed E-state index contributed by atoms with van der Waals surface area (Å²) in [5.74, 6) is 0.500. The molecule has 2 nitrogen and oxygen atoms in total. The van der Waals surface area contributed by atoms with E-state index < -0.39 is 0 Å². The van der Waals surface area contributed by atoms with Gasteiger partial charge in [0.05, 0.1) is 0 Å². The number of hydrogen-bond acceptors (Lipinski definition) is 2. The molecule has 3 unspecified atom stereocenters. The van der Waals surface area contributed by atoms with Crippen LogP contribution >= 0.6 is 0 Å². The molecule has 1 heterocycles. The van der Waals surface area contributed by atoms with E-state index in [0.717, 1.165) is 25.1 Å². The minimum absolute atomic E-state index is 0.0905. The summed E-state index contributed by atoms with van der Waals surface area (Å²) in [5, 5.41) is 0. The van der Waals surface area contributed by atoms with E-state index in [0.29, 0.717) is 12.0 Å². The molecule has 3 heteroatoms. The normalized spacial score (nSPS) is 24.1. The molecule has 1 aromatic carbocycles. The smallest absolute Gasteiger partial charge is 0.126 e. The molecule has 100 valence electrons. The average molecular weight is 250 g/mol. The van der Waals surface area contributed by atoms with Crippen LogP contribution in [0.5, 0.6) is 0 Å². The van der Waals surface area contributed by atoms with E-state index >= 15 is 0 Å². The number of benzene rings is 1. The summed E-state index contributed by atoms with van der Waals surface area (Å²) in [7, 11) is 0. The minimum Gasteiger partial charge on any atom is -0.328 e. The number of hydrogen-bond donors (Lipinski definition) is 1. The molecular weight excluding hydrogens is 227 g/mol. The third-order valence-corrected chi connectivity index (χ3v) is 4.10. The highest BCUT2D eigenvalue weighted by Crippen LogP contribution is 2.22. The Kier molecular flexibility index (Phi) is 4.36. The first-order valence-electron chi connectivity index (χ1n) is 6.81. The van der Waals surface area contributed by atoms with Gasteiger partial charge in [-0.05, 0) is 50.8 Å². The molecule has 0 spiro atoms. The van der Waals surface area contributed by atoms with Crippen molar-refractivity contribution in [2.45, 2.75) is 38.8 Å². The molecule has 0 aliphatic carbocycles. The number of rotatable bonds is 4. The van der Waals surface area contributed by atoms with Crippen molar-refractivity contribution in [3.63, 3.8) is 0 Å². The van der Waals surface area contributed by atoms with E-state index in [4.69, 9.17) is 5.73 Å². The maximum Gasteiger partial charge on any atom is 0.126 e. The third-order valence-electron chi connectivity index (χ3n) is 4.10. The van der Waals surface area contributed by atoms with Crippen molar-refractivity contribution in [1.82, 2.24) is 4.90 Å². The summed E-state index contributed by atoms with van der Waals surface area (Å²) >= 11 is 0. The van der Waals surface area contributed by atoms with E-state index in [2.05, 4.69) is 18.7 Å². The van der Waals surface area contributed by atoms with Crippen molar-refractivity contribution in [3.05, 3.63) is 35.6 Å². The first-order valence-corrected chi connectivity index (χ1v) is 6.81. The van der Waals surface area contributed by atoms with Crippen molar-refractivity contribution in [1.29, 1.82) is 0 Å². The zero-order valence-electron chi connectivity index (χ0n) is 11.3. The van der Waals surface area contributed by atoms with Gasteiger partial charge in [-0.1, -0.05) is 18.2 Å². The van der Waals surface area contributed by atoms with Gasteiger partial charge in [-0.15, -0.1) is 0 Å². The molecular formula is C15H23FN2. The van der Waals surface area contributed by atoms with E-state index in [-0.39, 0.29) is 11.9 Å². The lowest BCUT2D eigenvalue weighted by Gasteiger charge is -2.25. The van der Waals surface area contributed by atoms with Gasteiger partial charge < -0.3 is 5.73 Å². The predicted molar refractivity (Wildman–Crippen MR) is 72.9 cm³/mol. The molecule has 18 heavy (non-hydrogen) atoms. The highest BCUT2D eigenvalue weighted by atomic mass is 19.1. The predicted octanol–water partition coefficient (Wildman–Crippen LogP) is 2.43. The van der Waals surface area contributed by atoms with Crippen LogP contribution in [0.1, 0.15) is 25.8 Å². The van der Waals surface area contributed by atoms with Crippen LogP contribution < -0.4 is 5.73 Å². The molecule has 3 atom stereocenters. The van der Waals surface area contributed by atoms with Gasteiger partial charge in [0.15, 0.2) is 0 Å². The Morgan fingerprint density at radius 2 is 2.11 bits per heavy atom. The van der Waals surface area contributed by atoms with E-state index in [1.165, 1.54) is 12.5 Å². The molecule has 0 bridgehead atoms. The number of nitrogens with zero attached hydrogens (tertiary/aromatic N) is 1. The van der Waals surface area contributed by atoms with Gasteiger partial charge in [-0.3, -0.25) is 4.90 Å². The summed E-state index contributed by atoms with van der Waals surface area (Å²) < 4.78 is 13.6. The molecule has 2 rings (SSSR count). The molecule has 0 amide bonds. The van der Waals surface area contributed by atoms with E-state index in [1.54, 1.807) is 6.07 Å². The first kappa shape index (κ1) is 13.5. The molecule has 0 aromatic heterocycles. The molecule has 2 N–H and O–H groups in total. The first-order chi connectivity index (χ1) is 8.58. The van der Waals surface area contributed by atoms with Crippen LogP contribution in [-0.2, 0) is 6.42 Å². The lowest BCUT2D eigenvalue weighted by molar-refractivity contribution is 0.242. The van der Waals surface area contributed by atoms with Crippen LogP contribution in [-0.4, -0.2) is 30.1 Å². The minimum atomic E-state index is -0.0905. The van der Waals surface area contributed by atoms with Crippen molar-refractivity contribution in [3.8, 4) is 0 Å². The molecule has 1 fully saturated rings. The second-order valence-corrected chi connectivity index (χ2v) is 5.55. The van der Waals surface area contributed by atoms with Crippen molar-refractivity contribution >= 4 is 0 Å². The van der Waals surface area contributed by atoms with Crippen LogP contribution in [0.3, 0.4) is 0 Å². The zero-order valence-corrected chi connectivity index (χ0v) is 11.3. The van der Waals surface area contributed by atoms with Crippen LogP contribution in [0.25, 0.3) is 0 Å². The molecule has 1 saturated heterocycles. The van der Waals surface area contributed by atoms with Crippen LogP contribution in [0, 0.1) is 11.7 Å². The Bertz CT molecular complexity index is 392. The third kappa shape index (κ3) is 3.09. The Labute approximate surface area is 109 Å². The van der Waals surface area contributed by atoms with E-state index in [9.17, 15) is 4.39 Å². The fourth-order valence-corrected chi connectivity index (χ4v) is 2.76. The van der Waals surface area contributed by atoms with Crippen molar-refractivity contribution in [2.24, 2.45) is 11.7 Å². The average Bonchev–Trinajstić information content (AvgIpc) is 2.81. The zero-order chi connectivity index (χ0) is 13.1. The van der Waals surface area contributed by atoms with Crippen LogP contribution in [0.15, 0.2) is 24.3 Å². The van der Waals surface area contributed by atoms with Gasteiger partial charge >= 0.3 is 0 Å². The second kappa shape index (κ2) is 5.81. The lowest BCUT2D eigenvalue weighted by Crippen LogP contribution is -2.35. The lowest BCUT2D eigenvalue weighted by atomic mass is 10.0. The highest BCUT2D eigenvalue weighted by Gasteiger charge is 2.28. The Morgan fingerprint density at radius 1 is 1.39 bits per heavy atom. The van der Waals surface area contributed by atoms with Crippen LogP contribution in [0.4, 0.5) is 4.39 Å². The number of halogens is 1. The second-order valence-electron chi connectivity index (χ2n) is 5.55. The maximum atomic E-state index is 13.6. The van der Waals surface area contributed by atoms with Crippen molar-refractivity contribution in [2.75, 3.05) is 13.1 Å². The molecule has 1 aliphatic heterocycles. The molecule has 1 aromatic rings. The summed E-state index contributed by atoms with van der Waals surface area (Å²) in [6.07, 6.45) is 1.94. The fourth-order valence-electron chi connectivity index (χ4n) is 2.76. The summed E-state index contributed by atoms with van der Waals surface area (Å²) in [6, 6.07) is 7.70. The standard InChI is InChI=1S/C15H23FN2/c1-11(9-13-5-3-4-6-15(13)16)18-8-7-14(10-18)12(2)17/h3-6,11-12,14H,7-10,17H2,1-2H3. The summed E-state index contributed by atoms with van der Waals surface area (Å²) in [5.41, 5.74) is 6.76. The Hall–Kier alpha value is -0.930. The van der Waals surface area contributed by atoms with Gasteiger partial charge in [0.1, 0.15) is 5.82 Å². The van der Waals surface area contributed by atoms with Crippen LogP contribution in [0.2, 0.25) is 0 Å². The van der Waals surface area contributed by atoms with Gasteiger partial charge in [0.2, 0.25) is 0 Å². The van der Waals surface area contributed by atoms with Gasteiger partial charge in [0, 0.05) is 18.6 Å². The summed E-state index contributed by atoms with van der Waals surface area (Å²) in [4.78, 5) is 2.43. The van der Waals surface area contributed by atoms with E-state index in [1.807, 2.05) is 12.1 Å². The SMILES string of the molecule is CC(N)C1CCN(C(C)Cc2ccccc2F)C1. The monoisotopic (exact) mass is 250 g/mol. The Balaban J connectivity index is 1.93. The van der Waals surface area contributed by atoms with Gasteiger partial charge in [0.25, 0.3) is 0 Å². The summed E-state index contributed by atoms with van der Waals surface area (Å²) in [6.45, 7) is 6.39. The quantitative estimate of drug-likeness (QED) is 0.889. The number of nitrogens with two attached hydrogens (primary N) is 1. The molecule has 0 radical (unpaired) electrons. The Morgan fingerprint density at radius 3 is 2.72 bits per heavy atom. The fraction of sp³-hybridized carbons (Fsp3) is 0.600. The number of likely N-dealkylation sites (tertiary alicyclic amines) is 1. The highest BCUT2D eigenvalue weighted by molar-refractivity contribution is 5.18.